The Hall–Kier alpha value is -1.18. The Morgan fingerprint density at radius 3 is 2.11 bits per heavy atom. The molecule has 0 fully saturated rings. The summed E-state index contributed by atoms with van der Waals surface area (Å²) in [6.07, 6.45) is 0. The number of rotatable bonds is 3. The second-order valence-corrected chi connectivity index (χ2v) is 5.26. The Bertz CT molecular complexity index is 513. The van der Waals surface area contributed by atoms with Gasteiger partial charge in [0.1, 0.15) is 0 Å². The van der Waals surface area contributed by atoms with Crippen molar-refractivity contribution in [3.63, 3.8) is 0 Å². The number of benzene rings is 2. The van der Waals surface area contributed by atoms with Crippen molar-refractivity contribution >= 4 is 28.9 Å². The minimum absolute atomic E-state index is 0.765. The van der Waals surface area contributed by atoms with Crippen LogP contribution in [0.15, 0.2) is 36.4 Å². The number of nitrogens with one attached hydrogen (secondary N) is 1. The summed E-state index contributed by atoms with van der Waals surface area (Å²) in [5, 5.41) is 4.96. The lowest BCUT2D eigenvalue weighted by Crippen LogP contribution is -2.02. The summed E-state index contributed by atoms with van der Waals surface area (Å²) in [5.74, 6) is 0. The standard InChI is InChI=1S/C15H15Cl2N/c1-10-7-13(16)4-3-12(10)9-18-15-6-5-14(17)8-11(15)2/h3-8,18H,9H2,1-2H3. The minimum Gasteiger partial charge on any atom is -0.381 e. The highest BCUT2D eigenvalue weighted by atomic mass is 35.5. The van der Waals surface area contributed by atoms with E-state index in [4.69, 9.17) is 23.2 Å². The molecule has 18 heavy (non-hydrogen) atoms. The van der Waals surface area contributed by atoms with Crippen LogP contribution < -0.4 is 5.32 Å². The number of halogens is 2. The van der Waals surface area contributed by atoms with Crippen molar-refractivity contribution in [2.45, 2.75) is 20.4 Å². The highest BCUT2D eigenvalue weighted by Crippen LogP contribution is 2.21. The third-order valence-electron chi connectivity index (χ3n) is 2.96. The Morgan fingerprint density at radius 1 is 0.889 bits per heavy atom. The molecule has 2 aromatic carbocycles. The van der Waals surface area contributed by atoms with Crippen LogP contribution in [-0.4, -0.2) is 0 Å². The monoisotopic (exact) mass is 279 g/mol. The fraction of sp³-hybridized carbons (Fsp3) is 0.200. The molecule has 0 amide bonds. The highest BCUT2D eigenvalue weighted by Gasteiger charge is 2.02. The van der Waals surface area contributed by atoms with Crippen LogP contribution in [0.2, 0.25) is 10.0 Å². The summed E-state index contributed by atoms with van der Waals surface area (Å²) in [5.41, 5.74) is 4.69. The Balaban J connectivity index is 2.11. The predicted octanol–water partition coefficient (Wildman–Crippen LogP) is 5.22. The molecule has 0 unspecified atom stereocenters. The van der Waals surface area contributed by atoms with Crippen molar-refractivity contribution in [1.29, 1.82) is 0 Å². The smallest absolute Gasteiger partial charge is 0.0410 e. The minimum atomic E-state index is 0.765. The fourth-order valence-electron chi connectivity index (χ4n) is 1.87. The Morgan fingerprint density at radius 2 is 1.50 bits per heavy atom. The first-order valence-corrected chi connectivity index (χ1v) is 6.57. The quantitative estimate of drug-likeness (QED) is 0.812. The van der Waals surface area contributed by atoms with Gasteiger partial charge in [-0.3, -0.25) is 0 Å². The molecule has 2 rings (SSSR count). The average Bonchev–Trinajstić information content (AvgIpc) is 2.30. The van der Waals surface area contributed by atoms with Crippen LogP contribution in [0.5, 0.6) is 0 Å². The molecule has 0 aliphatic carbocycles. The number of hydrogen-bond acceptors (Lipinski definition) is 1. The summed E-state index contributed by atoms with van der Waals surface area (Å²) >= 11 is 11.9. The average molecular weight is 280 g/mol. The van der Waals surface area contributed by atoms with Gasteiger partial charge in [0.25, 0.3) is 0 Å². The maximum atomic E-state index is 5.94. The predicted molar refractivity (Wildman–Crippen MR) is 79.7 cm³/mol. The molecule has 0 aliphatic rings. The van der Waals surface area contributed by atoms with Gasteiger partial charge in [-0.05, 0) is 60.9 Å². The molecule has 0 saturated carbocycles. The van der Waals surface area contributed by atoms with E-state index in [1.807, 2.05) is 37.3 Å². The van der Waals surface area contributed by atoms with E-state index in [1.165, 1.54) is 11.1 Å². The highest BCUT2D eigenvalue weighted by molar-refractivity contribution is 6.31. The van der Waals surface area contributed by atoms with Crippen LogP contribution in [-0.2, 0) is 6.54 Å². The van der Waals surface area contributed by atoms with Crippen LogP contribution >= 0.6 is 23.2 Å². The van der Waals surface area contributed by atoms with Crippen molar-refractivity contribution in [2.24, 2.45) is 0 Å². The molecule has 94 valence electrons. The van der Waals surface area contributed by atoms with Crippen molar-refractivity contribution in [3.8, 4) is 0 Å². The number of aryl methyl sites for hydroxylation is 2. The lowest BCUT2D eigenvalue weighted by Gasteiger charge is -2.11. The normalized spacial score (nSPS) is 10.4. The molecule has 0 aromatic heterocycles. The zero-order chi connectivity index (χ0) is 13.1. The molecular formula is C15H15Cl2N. The summed E-state index contributed by atoms with van der Waals surface area (Å²) in [7, 11) is 0. The Kier molecular flexibility index (Phi) is 4.15. The summed E-state index contributed by atoms with van der Waals surface area (Å²) in [6.45, 7) is 4.89. The van der Waals surface area contributed by atoms with E-state index in [0.29, 0.717) is 0 Å². The lowest BCUT2D eigenvalue weighted by molar-refractivity contribution is 1.11. The van der Waals surface area contributed by atoms with Crippen LogP contribution in [0.25, 0.3) is 0 Å². The van der Waals surface area contributed by atoms with Crippen LogP contribution in [0.4, 0.5) is 5.69 Å². The van der Waals surface area contributed by atoms with Crippen molar-refractivity contribution in [1.82, 2.24) is 0 Å². The van der Waals surface area contributed by atoms with Gasteiger partial charge in [-0.15, -0.1) is 0 Å². The first-order chi connectivity index (χ1) is 8.56. The van der Waals surface area contributed by atoms with Gasteiger partial charge in [0, 0.05) is 22.3 Å². The molecule has 0 spiro atoms. The van der Waals surface area contributed by atoms with Crippen LogP contribution in [0.1, 0.15) is 16.7 Å². The van der Waals surface area contributed by atoms with Crippen LogP contribution in [0, 0.1) is 13.8 Å². The molecule has 1 N–H and O–H groups in total. The summed E-state index contributed by atoms with van der Waals surface area (Å²) in [4.78, 5) is 0. The lowest BCUT2D eigenvalue weighted by atomic mass is 10.1. The molecule has 2 aromatic rings. The Labute approximate surface area is 118 Å². The topological polar surface area (TPSA) is 12.0 Å². The van der Waals surface area contributed by atoms with E-state index >= 15 is 0 Å². The molecule has 0 aliphatic heterocycles. The van der Waals surface area contributed by atoms with E-state index in [0.717, 1.165) is 27.8 Å². The van der Waals surface area contributed by atoms with Gasteiger partial charge in [0.2, 0.25) is 0 Å². The summed E-state index contributed by atoms with van der Waals surface area (Å²) in [6, 6.07) is 11.8. The molecule has 1 nitrogen and oxygen atoms in total. The zero-order valence-corrected chi connectivity index (χ0v) is 11.9. The molecular weight excluding hydrogens is 265 g/mol. The second kappa shape index (κ2) is 5.64. The first-order valence-electron chi connectivity index (χ1n) is 5.81. The second-order valence-electron chi connectivity index (χ2n) is 4.38. The SMILES string of the molecule is Cc1cc(Cl)ccc1CNc1ccc(Cl)cc1C. The fourth-order valence-corrected chi connectivity index (χ4v) is 2.33. The van der Waals surface area contributed by atoms with Crippen LogP contribution in [0.3, 0.4) is 0 Å². The summed E-state index contributed by atoms with van der Waals surface area (Å²) < 4.78 is 0. The van der Waals surface area contributed by atoms with E-state index in [-0.39, 0.29) is 0 Å². The van der Waals surface area contributed by atoms with Gasteiger partial charge >= 0.3 is 0 Å². The largest absolute Gasteiger partial charge is 0.381 e. The van der Waals surface area contributed by atoms with Gasteiger partial charge in [-0.25, -0.2) is 0 Å². The van der Waals surface area contributed by atoms with Gasteiger partial charge in [0.15, 0.2) is 0 Å². The van der Waals surface area contributed by atoms with Gasteiger partial charge in [0.05, 0.1) is 0 Å². The van der Waals surface area contributed by atoms with Gasteiger partial charge in [-0.1, -0.05) is 29.3 Å². The van der Waals surface area contributed by atoms with E-state index in [2.05, 4.69) is 18.3 Å². The zero-order valence-electron chi connectivity index (χ0n) is 10.4. The maximum absolute atomic E-state index is 5.94. The van der Waals surface area contributed by atoms with Gasteiger partial charge in [-0.2, -0.15) is 0 Å². The van der Waals surface area contributed by atoms with E-state index < -0.39 is 0 Å². The third-order valence-corrected chi connectivity index (χ3v) is 3.43. The molecule has 0 heterocycles. The molecule has 0 radical (unpaired) electrons. The van der Waals surface area contributed by atoms with E-state index in [9.17, 15) is 0 Å². The van der Waals surface area contributed by atoms with Crippen molar-refractivity contribution < 1.29 is 0 Å². The van der Waals surface area contributed by atoms with E-state index in [1.54, 1.807) is 0 Å². The molecule has 0 bridgehead atoms. The third kappa shape index (κ3) is 3.18. The number of hydrogen-bond donors (Lipinski definition) is 1. The van der Waals surface area contributed by atoms with Crippen molar-refractivity contribution in [2.75, 3.05) is 5.32 Å². The van der Waals surface area contributed by atoms with Gasteiger partial charge < -0.3 is 5.32 Å². The van der Waals surface area contributed by atoms with Crippen molar-refractivity contribution in [3.05, 3.63) is 63.1 Å². The molecule has 0 saturated heterocycles. The molecule has 3 heteroatoms. The molecule has 0 atom stereocenters. The number of anilines is 1. The first kappa shape index (κ1) is 13.3. The maximum Gasteiger partial charge on any atom is 0.0410 e.